The fraction of sp³-hybridized carbons (Fsp3) is 0.0714. The van der Waals surface area contributed by atoms with Crippen molar-refractivity contribution >= 4 is 21.6 Å². The maximum atomic E-state index is 12.9. The van der Waals surface area contributed by atoms with Gasteiger partial charge in [0.05, 0.1) is 5.69 Å². The Morgan fingerprint density at radius 3 is 2.61 bits per heavy atom. The maximum absolute atomic E-state index is 12.9. The first kappa shape index (κ1) is 11.4. The zero-order chi connectivity index (χ0) is 12.7. The number of imidazole rings is 1. The summed E-state index contributed by atoms with van der Waals surface area (Å²) in [6, 6.07) is 8.37. The molecule has 4 heteroatoms. The van der Waals surface area contributed by atoms with E-state index in [1.807, 2.05) is 29.8 Å². The minimum atomic E-state index is -0.235. The summed E-state index contributed by atoms with van der Waals surface area (Å²) in [5.74, 6) is -0.235. The summed E-state index contributed by atoms with van der Waals surface area (Å²) in [7, 11) is 0. The lowest BCUT2D eigenvalue weighted by molar-refractivity contribution is 0.628. The molecule has 0 unspecified atom stereocenters. The number of hydrogen-bond donors (Lipinski definition) is 0. The van der Waals surface area contributed by atoms with Crippen LogP contribution in [0.5, 0.6) is 0 Å². The Kier molecular flexibility index (Phi) is 2.67. The molecule has 0 fully saturated rings. The fourth-order valence-electron chi connectivity index (χ4n) is 1.86. The Morgan fingerprint density at radius 2 is 1.89 bits per heavy atom. The molecule has 0 radical (unpaired) electrons. The van der Waals surface area contributed by atoms with Crippen LogP contribution in [0.4, 0.5) is 4.39 Å². The van der Waals surface area contributed by atoms with Gasteiger partial charge in [0.15, 0.2) is 0 Å². The number of rotatable bonds is 1. The van der Waals surface area contributed by atoms with Gasteiger partial charge in [-0.05, 0) is 58.7 Å². The average Bonchev–Trinajstić information content (AvgIpc) is 2.73. The van der Waals surface area contributed by atoms with Crippen molar-refractivity contribution in [3.8, 4) is 11.3 Å². The second kappa shape index (κ2) is 4.21. The van der Waals surface area contributed by atoms with Gasteiger partial charge in [0.25, 0.3) is 0 Å². The Bertz CT molecular complexity index is 677. The van der Waals surface area contributed by atoms with Crippen molar-refractivity contribution in [1.29, 1.82) is 0 Å². The Balaban J connectivity index is 2.16. The zero-order valence-electron chi connectivity index (χ0n) is 9.69. The molecule has 0 bridgehead atoms. The van der Waals surface area contributed by atoms with E-state index in [0.717, 1.165) is 26.9 Å². The van der Waals surface area contributed by atoms with E-state index >= 15 is 0 Å². The van der Waals surface area contributed by atoms with E-state index in [0.29, 0.717) is 0 Å². The largest absolute Gasteiger partial charge is 0.305 e. The minimum Gasteiger partial charge on any atom is -0.305 e. The van der Waals surface area contributed by atoms with Crippen LogP contribution in [0, 0.1) is 12.7 Å². The lowest BCUT2D eigenvalue weighted by Gasteiger charge is -1.98. The maximum Gasteiger partial charge on any atom is 0.137 e. The monoisotopic (exact) mass is 304 g/mol. The summed E-state index contributed by atoms with van der Waals surface area (Å²) >= 11 is 3.49. The molecule has 90 valence electrons. The molecule has 0 saturated carbocycles. The smallest absolute Gasteiger partial charge is 0.137 e. The van der Waals surface area contributed by atoms with Gasteiger partial charge in [0.2, 0.25) is 0 Å². The third-order valence-electron chi connectivity index (χ3n) is 2.88. The molecule has 1 aromatic carbocycles. The number of pyridine rings is 1. The Morgan fingerprint density at radius 1 is 1.17 bits per heavy atom. The van der Waals surface area contributed by atoms with Crippen molar-refractivity contribution in [3.63, 3.8) is 0 Å². The topological polar surface area (TPSA) is 17.3 Å². The molecule has 2 heterocycles. The van der Waals surface area contributed by atoms with E-state index in [4.69, 9.17) is 0 Å². The van der Waals surface area contributed by atoms with Crippen LogP contribution in [0.15, 0.2) is 47.2 Å². The first-order chi connectivity index (χ1) is 8.63. The highest BCUT2D eigenvalue weighted by molar-refractivity contribution is 9.10. The van der Waals surface area contributed by atoms with Gasteiger partial charge in [-0.2, -0.15) is 0 Å². The van der Waals surface area contributed by atoms with Gasteiger partial charge in [-0.15, -0.1) is 0 Å². The summed E-state index contributed by atoms with van der Waals surface area (Å²) in [6.07, 6.45) is 3.91. The van der Waals surface area contributed by atoms with Gasteiger partial charge in [0, 0.05) is 22.4 Å². The van der Waals surface area contributed by atoms with Crippen molar-refractivity contribution in [2.45, 2.75) is 6.92 Å². The van der Waals surface area contributed by atoms with Crippen LogP contribution in [-0.2, 0) is 0 Å². The van der Waals surface area contributed by atoms with Crippen molar-refractivity contribution in [2.75, 3.05) is 0 Å². The molecule has 0 amide bonds. The Labute approximate surface area is 112 Å². The first-order valence-corrected chi connectivity index (χ1v) is 6.33. The third kappa shape index (κ3) is 1.93. The SMILES string of the molecule is Cc1cc2nc(-c3ccc(F)cc3)cn2cc1Br. The lowest BCUT2D eigenvalue weighted by Crippen LogP contribution is -1.85. The van der Waals surface area contributed by atoms with Crippen molar-refractivity contribution < 1.29 is 4.39 Å². The van der Waals surface area contributed by atoms with Crippen molar-refractivity contribution in [3.05, 3.63) is 58.6 Å². The molecule has 0 spiro atoms. The molecule has 3 aromatic rings. The highest BCUT2D eigenvalue weighted by atomic mass is 79.9. The van der Waals surface area contributed by atoms with Crippen LogP contribution in [0.25, 0.3) is 16.9 Å². The molecular weight excluding hydrogens is 295 g/mol. The summed E-state index contributed by atoms with van der Waals surface area (Å²) < 4.78 is 15.9. The van der Waals surface area contributed by atoms with Gasteiger partial charge >= 0.3 is 0 Å². The van der Waals surface area contributed by atoms with Crippen LogP contribution in [0.3, 0.4) is 0 Å². The molecule has 0 aliphatic rings. The van der Waals surface area contributed by atoms with E-state index in [1.165, 1.54) is 12.1 Å². The molecule has 0 atom stereocenters. The van der Waals surface area contributed by atoms with Crippen LogP contribution >= 0.6 is 15.9 Å². The van der Waals surface area contributed by atoms with Gasteiger partial charge in [-0.1, -0.05) is 0 Å². The summed E-state index contributed by atoms with van der Waals surface area (Å²) in [6.45, 7) is 2.02. The predicted molar refractivity (Wildman–Crippen MR) is 73.0 cm³/mol. The zero-order valence-corrected chi connectivity index (χ0v) is 11.3. The number of halogens is 2. The molecule has 2 nitrogen and oxygen atoms in total. The normalized spacial score (nSPS) is 11.1. The van der Waals surface area contributed by atoms with Crippen molar-refractivity contribution in [2.24, 2.45) is 0 Å². The summed E-state index contributed by atoms with van der Waals surface area (Å²) in [4.78, 5) is 4.53. The van der Waals surface area contributed by atoms with Crippen LogP contribution in [-0.4, -0.2) is 9.38 Å². The first-order valence-electron chi connectivity index (χ1n) is 5.54. The van der Waals surface area contributed by atoms with Crippen LogP contribution in [0.1, 0.15) is 5.56 Å². The summed E-state index contributed by atoms with van der Waals surface area (Å²) in [5.41, 5.74) is 3.77. The number of nitrogens with zero attached hydrogens (tertiary/aromatic N) is 2. The molecule has 0 saturated heterocycles. The Hall–Kier alpha value is -1.68. The van der Waals surface area contributed by atoms with Gasteiger partial charge < -0.3 is 4.40 Å². The number of aryl methyl sites for hydroxylation is 1. The number of aromatic nitrogens is 2. The standard InChI is InChI=1S/C14H10BrFN2/c1-9-6-14-17-13(8-18(14)7-12(9)15)10-2-4-11(16)5-3-10/h2-8H,1H3. The molecule has 3 rings (SSSR count). The molecule has 0 N–H and O–H groups in total. The van der Waals surface area contributed by atoms with Crippen molar-refractivity contribution in [1.82, 2.24) is 9.38 Å². The average molecular weight is 305 g/mol. The lowest BCUT2D eigenvalue weighted by atomic mass is 10.2. The fourth-order valence-corrected chi connectivity index (χ4v) is 2.20. The second-order valence-corrected chi connectivity index (χ2v) is 5.06. The minimum absolute atomic E-state index is 0.235. The molecule has 0 aliphatic carbocycles. The predicted octanol–water partition coefficient (Wildman–Crippen LogP) is 4.21. The third-order valence-corrected chi connectivity index (χ3v) is 3.71. The second-order valence-electron chi connectivity index (χ2n) is 4.20. The van der Waals surface area contributed by atoms with Gasteiger partial charge in [-0.3, -0.25) is 0 Å². The van der Waals surface area contributed by atoms with E-state index < -0.39 is 0 Å². The molecule has 18 heavy (non-hydrogen) atoms. The quantitative estimate of drug-likeness (QED) is 0.658. The number of fused-ring (bicyclic) bond motifs is 1. The highest BCUT2D eigenvalue weighted by Gasteiger charge is 2.06. The highest BCUT2D eigenvalue weighted by Crippen LogP contribution is 2.23. The molecule has 2 aromatic heterocycles. The van der Waals surface area contributed by atoms with Gasteiger partial charge in [0.1, 0.15) is 11.5 Å². The van der Waals surface area contributed by atoms with E-state index in [9.17, 15) is 4.39 Å². The summed E-state index contributed by atoms with van der Waals surface area (Å²) in [5, 5.41) is 0. The van der Waals surface area contributed by atoms with Crippen LogP contribution in [0.2, 0.25) is 0 Å². The number of hydrogen-bond acceptors (Lipinski definition) is 1. The van der Waals surface area contributed by atoms with E-state index in [2.05, 4.69) is 20.9 Å². The molecular formula is C14H10BrFN2. The molecule has 0 aliphatic heterocycles. The van der Waals surface area contributed by atoms with E-state index in [1.54, 1.807) is 12.1 Å². The van der Waals surface area contributed by atoms with Crippen LogP contribution < -0.4 is 0 Å². The van der Waals surface area contributed by atoms with Gasteiger partial charge in [-0.25, -0.2) is 9.37 Å². The number of benzene rings is 1. The van der Waals surface area contributed by atoms with E-state index in [-0.39, 0.29) is 5.82 Å².